The van der Waals surface area contributed by atoms with Crippen molar-refractivity contribution in [1.82, 2.24) is 9.97 Å². The van der Waals surface area contributed by atoms with Gasteiger partial charge in [-0.1, -0.05) is 6.07 Å². The summed E-state index contributed by atoms with van der Waals surface area (Å²) in [5.41, 5.74) is 1.32. The van der Waals surface area contributed by atoms with Crippen LogP contribution in [0.3, 0.4) is 0 Å². The summed E-state index contributed by atoms with van der Waals surface area (Å²) in [6, 6.07) is 13.3. The molecule has 0 spiro atoms. The number of nitrogens with one attached hydrogen (secondary N) is 1. The van der Waals surface area contributed by atoms with Crippen molar-refractivity contribution in [2.45, 2.75) is 6.92 Å². The number of carbonyl (C=O) groups excluding carboxylic acids is 2. The van der Waals surface area contributed by atoms with E-state index >= 15 is 0 Å². The minimum Gasteiger partial charge on any atom is -0.462 e. The number of hydrogen-bond acceptors (Lipinski definition) is 8. The smallest absolute Gasteiger partial charge is 0.338 e. The molecule has 0 aliphatic carbocycles. The molecular weight excluding hydrogens is 424 g/mol. The number of rotatable bonds is 7. The van der Waals surface area contributed by atoms with Gasteiger partial charge in [-0.15, -0.1) is 0 Å². The van der Waals surface area contributed by atoms with E-state index in [9.17, 15) is 9.59 Å². The van der Waals surface area contributed by atoms with Gasteiger partial charge in [-0.25, -0.2) is 14.8 Å². The van der Waals surface area contributed by atoms with Crippen molar-refractivity contribution in [2.24, 2.45) is 0 Å². The van der Waals surface area contributed by atoms with Gasteiger partial charge in [0, 0.05) is 36.7 Å². The third kappa shape index (κ3) is 5.64. The molecule has 0 saturated carbocycles. The van der Waals surface area contributed by atoms with Crippen LogP contribution in [0.1, 0.15) is 27.6 Å². The van der Waals surface area contributed by atoms with Gasteiger partial charge in [0.05, 0.1) is 25.4 Å². The van der Waals surface area contributed by atoms with Crippen LogP contribution in [-0.4, -0.2) is 54.8 Å². The SMILES string of the molecule is CCOC(=O)c1cccc(NC(=O)c2ccc(Oc3nccnc3N3CCOCC3)cc2)c1. The van der Waals surface area contributed by atoms with Crippen molar-refractivity contribution in [3.05, 3.63) is 72.1 Å². The van der Waals surface area contributed by atoms with Crippen LogP contribution in [-0.2, 0) is 9.47 Å². The number of hydrogen-bond donors (Lipinski definition) is 1. The second-order valence-corrected chi connectivity index (χ2v) is 7.17. The fourth-order valence-corrected chi connectivity index (χ4v) is 3.31. The molecule has 1 saturated heterocycles. The first kappa shape index (κ1) is 22.2. The van der Waals surface area contributed by atoms with Crippen molar-refractivity contribution in [1.29, 1.82) is 0 Å². The average Bonchev–Trinajstić information content (AvgIpc) is 2.86. The molecule has 1 fully saturated rings. The molecule has 9 heteroatoms. The lowest BCUT2D eigenvalue weighted by Crippen LogP contribution is -2.37. The summed E-state index contributed by atoms with van der Waals surface area (Å²) in [6.45, 7) is 4.71. The van der Waals surface area contributed by atoms with Gasteiger partial charge in [0.15, 0.2) is 5.82 Å². The second-order valence-electron chi connectivity index (χ2n) is 7.17. The molecule has 9 nitrogen and oxygen atoms in total. The summed E-state index contributed by atoms with van der Waals surface area (Å²) >= 11 is 0. The van der Waals surface area contributed by atoms with Crippen LogP contribution in [0.4, 0.5) is 11.5 Å². The van der Waals surface area contributed by atoms with E-state index in [2.05, 4.69) is 20.2 Å². The molecule has 1 amide bonds. The van der Waals surface area contributed by atoms with E-state index < -0.39 is 5.97 Å². The van der Waals surface area contributed by atoms with Gasteiger partial charge in [0.2, 0.25) is 0 Å². The van der Waals surface area contributed by atoms with Gasteiger partial charge < -0.3 is 24.4 Å². The lowest BCUT2D eigenvalue weighted by molar-refractivity contribution is 0.0526. The third-order valence-corrected chi connectivity index (χ3v) is 4.92. The summed E-state index contributed by atoms with van der Waals surface area (Å²) in [5.74, 6) is 0.842. The predicted molar refractivity (Wildman–Crippen MR) is 122 cm³/mol. The molecule has 170 valence electrons. The first-order chi connectivity index (χ1) is 16.1. The number of esters is 1. The lowest BCUT2D eigenvalue weighted by Gasteiger charge is -2.28. The Bertz CT molecular complexity index is 1110. The molecule has 0 radical (unpaired) electrons. The van der Waals surface area contributed by atoms with Crippen molar-refractivity contribution in [3.8, 4) is 11.6 Å². The van der Waals surface area contributed by atoms with E-state index in [1.54, 1.807) is 67.8 Å². The maximum absolute atomic E-state index is 12.6. The first-order valence-corrected chi connectivity index (χ1v) is 10.6. The molecule has 0 atom stereocenters. The quantitative estimate of drug-likeness (QED) is 0.548. The van der Waals surface area contributed by atoms with Crippen molar-refractivity contribution >= 4 is 23.4 Å². The fraction of sp³-hybridized carbons (Fsp3) is 0.250. The zero-order chi connectivity index (χ0) is 23.0. The minimum atomic E-state index is -0.435. The Kier molecular flexibility index (Phi) is 7.11. The average molecular weight is 448 g/mol. The van der Waals surface area contributed by atoms with E-state index in [1.165, 1.54) is 0 Å². The normalized spacial score (nSPS) is 13.3. The summed E-state index contributed by atoms with van der Waals surface area (Å²) in [5, 5.41) is 2.79. The Hall–Kier alpha value is -3.98. The van der Waals surface area contributed by atoms with Gasteiger partial charge in [0.1, 0.15) is 5.75 Å². The van der Waals surface area contributed by atoms with Crippen LogP contribution in [0.5, 0.6) is 11.6 Å². The molecule has 1 aliphatic rings. The lowest BCUT2D eigenvalue weighted by atomic mass is 10.1. The first-order valence-electron chi connectivity index (χ1n) is 10.6. The van der Waals surface area contributed by atoms with E-state index in [0.29, 0.717) is 60.6 Å². The highest BCUT2D eigenvalue weighted by molar-refractivity contribution is 6.04. The van der Waals surface area contributed by atoms with Crippen LogP contribution in [0.25, 0.3) is 0 Å². The monoisotopic (exact) mass is 448 g/mol. The molecule has 3 aromatic rings. The van der Waals surface area contributed by atoms with E-state index in [-0.39, 0.29) is 12.5 Å². The summed E-state index contributed by atoms with van der Waals surface area (Å²) in [7, 11) is 0. The predicted octanol–water partition coefficient (Wildman–Crippen LogP) is 3.53. The highest BCUT2D eigenvalue weighted by atomic mass is 16.5. The Morgan fingerprint density at radius 3 is 2.55 bits per heavy atom. The van der Waals surface area contributed by atoms with Gasteiger partial charge >= 0.3 is 5.97 Å². The van der Waals surface area contributed by atoms with Gasteiger partial charge in [-0.3, -0.25) is 4.79 Å². The Morgan fingerprint density at radius 2 is 1.79 bits per heavy atom. The van der Waals surface area contributed by atoms with Gasteiger partial charge in [-0.2, -0.15) is 0 Å². The number of ether oxygens (including phenoxy) is 3. The zero-order valence-corrected chi connectivity index (χ0v) is 18.2. The summed E-state index contributed by atoms with van der Waals surface area (Å²) < 4.78 is 16.3. The third-order valence-electron chi connectivity index (χ3n) is 4.92. The van der Waals surface area contributed by atoms with Crippen molar-refractivity contribution < 1.29 is 23.8 Å². The van der Waals surface area contributed by atoms with Gasteiger partial charge in [0.25, 0.3) is 11.8 Å². The Balaban J connectivity index is 1.42. The number of carbonyl (C=O) groups is 2. The molecule has 2 aromatic carbocycles. The summed E-state index contributed by atoms with van der Waals surface area (Å²) in [4.78, 5) is 35.3. The minimum absolute atomic E-state index is 0.284. The second kappa shape index (κ2) is 10.6. The Labute approximate surface area is 191 Å². The highest BCUT2D eigenvalue weighted by Crippen LogP contribution is 2.28. The molecule has 4 rings (SSSR count). The van der Waals surface area contributed by atoms with Crippen LogP contribution in [0.2, 0.25) is 0 Å². The highest BCUT2D eigenvalue weighted by Gasteiger charge is 2.18. The molecule has 1 N–H and O–H groups in total. The number of nitrogens with zero attached hydrogens (tertiary/aromatic N) is 3. The molecule has 0 unspecified atom stereocenters. The molecule has 1 aromatic heterocycles. The fourth-order valence-electron chi connectivity index (χ4n) is 3.31. The number of aromatic nitrogens is 2. The van der Waals surface area contributed by atoms with Crippen molar-refractivity contribution in [2.75, 3.05) is 43.1 Å². The van der Waals surface area contributed by atoms with Crippen LogP contribution in [0, 0.1) is 0 Å². The molecule has 1 aliphatic heterocycles. The van der Waals surface area contributed by atoms with Crippen LogP contribution < -0.4 is 15.0 Å². The number of benzene rings is 2. The van der Waals surface area contributed by atoms with E-state index in [1.807, 2.05) is 0 Å². The summed E-state index contributed by atoms with van der Waals surface area (Å²) in [6.07, 6.45) is 3.20. The zero-order valence-electron chi connectivity index (χ0n) is 18.2. The largest absolute Gasteiger partial charge is 0.462 e. The maximum atomic E-state index is 12.6. The van der Waals surface area contributed by atoms with Gasteiger partial charge in [-0.05, 0) is 49.4 Å². The van der Waals surface area contributed by atoms with Crippen molar-refractivity contribution in [3.63, 3.8) is 0 Å². The van der Waals surface area contributed by atoms with E-state index in [0.717, 1.165) is 0 Å². The molecule has 0 bridgehead atoms. The van der Waals surface area contributed by atoms with Crippen LogP contribution >= 0.6 is 0 Å². The number of amides is 1. The molecular formula is C24H24N4O5. The standard InChI is InChI=1S/C24H24N4O5/c1-2-32-24(30)18-4-3-5-19(16-18)27-22(29)17-6-8-20(9-7-17)33-23-21(25-10-11-26-23)28-12-14-31-15-13-28/h3-11,16H,2,12-15H2,1H3,(H,27,29). The number of anilines is 2. The topological polar surface area (TPSA) is 103 Å². The van der Waals surface area contributed by atoms with E-state index in [4.69, 9.17) is 14.2 Å². The molecule has 2 heterocycles. The number of morpholine rings is 1. The Morgan fingerprint density at radius 1 is 1.03 bits per heavy atom. The van der Waals surface area contributed by atoms with Crippen LogP contribution in [0.15, 0.2) is 60.9 Å². The molecule has 33 heavy (non-hydrogen) atoms. The maximum Gasteiger partial charge on any atom is 0.338 e.